The number of carbonyl (C=O) groups excluding carboxylic acids is 4. The van der Waals surface area contributed by atoms with Crippen LogP contribution in [0.2, 0.25) is 5.02 Å². The van der Waals surface area contributed by atoms with Crippen LogP contribution >= 0.6 is 33.2 Å². The number of hydrogen-bond donors (Lipinski definition) is 5. The van der Waals surface area contributed by atoms with Gasteiger partial charge in [0.25, 0.3) is 0 Å². The maximum absolute atomic E-state index is 13.6. The molecule has 3 rings (SSSR count). The predicted octanol–water partition coefficient (Wildman–Crippen LogP) is 3.79. The summed E-state index contributed by atoms with van der Waals surface area (Å²) in [5, 5.41) is 18.6. The first-order valence-corrected chi connectivity index (χ1v) is 16.6. The van der Waals surface area contributed by atoms with Gasteiger partial charge in [0.05, 0.1) is 18.5 Å². The Morgan fingerprint density at radius 3 is 2.16 bits per heavy atom. The number of phenolic OH excluding ortho intramolecular Hbond substituents is 1. The van der Waals surface area contributed by atoms with E-state index in [9.17, 15) is 24.3 Å². The minimum Gasteiger partial charge on any atom is -0.508 e. The van der Waals surface area contributed by atoms with E-state index in [1.807, 2.05) is 34.6 Å². The number of nitrogens with two attached hydrogens (primary N) is 1. The summed E-state index contributed by atoms with van der Waals surface area (Å²) >= 11 is 6.01. The largest absolute Gasteiger partial charge is 0.508 e. The Balaban J connectivity index is 1.82. The molecular weight excluding hydrogens is 608 g/mol. The molecule has 1 aliphatic rings. The fourth-order valence-electron chi connectivity index (χ4n) is 4.44. The molecule has 4 atom stereocenters. The first kappa shape index (κ1) is 34.8. The van der Waals surface area contributed by atoms with E-state index in [-0.39, 0.29) is 49.3 Å². The van der Waals surface area contributed by atoms with E-state index in [1.165, 1.54) is 33.7 Å². The van der Waals surface area contributed by atoms with Crippen molar-refractivity contribution >= 4 is 56.7 Å². The van der Waals surface area contributed by atoms with Gasteiger partial charge in [0, 0.05) is 33.4 Å². The van der Waals surface area contributed by atoms with Crippen LogP contribution in [0.4, 0.5) is 0 Å². The Kier molecular flexibility index (Phi) is 12.0. The highest BCUT2D eigenvalue weighted by molar-refractivity contribution is 8.77. The number of phenols is 1. The molecule has 2 aromatic rings. The van der Waals surface area contributed by atoms with Crippen molar-refractivity contribution < 1.29 is 24.3 Å². The third kappa shape index (κ3) is 10.2. The number of ketones is 1. The lowest BCUT2D eigenvalue weighted by atomic mass is 9.86. The minimum atomic E-state index is -0.879. The van der Waals surface area contributed by atoms with Crippen molar-refractivity contribution in [1.29, 1.82) is 0 Å². The van der Waals surface area contributed by atoms with Crippen molar-refractivity contribution in [3.63, 3.8) is 0 Å². The number of hydrogen-bond acceptors (Lipinski definition) is 8. The Bertz CT molecular complexity index is 1300. The molecule has 234 valence electrons. The van der Waals surface area contributed by atoms with Gasteiger partial charge in [0.15, 0.2) is 5.78 Å². The smallest absolute Gasteiger partial charge is 0.243 e. The number of rotatable bonds is 7. The van der Waals surface area contributed by atoms with E-state index >= 15 is 0 Å². The molecule has 1 saturated heterocycles. The quantitative estimate of drug-likeness (QED) is 0.285. The molecule has 0 spiro atoms. The Morgan fingerprint density at radius 2 is 1.53 bits per heavy atom. The molecule has 0 aliphatic carbocycles. The number of benzene rings is 2. The van der Waals surface area contributed by atoms with Crippen LogP contribution in [-0.2, 0) is 32.0 Å². The first-order chi connectivity index (χ1) is 20.1. The Hall–Kier alpha value is -2.73. The summed E-state index contributed by atoms with van der Waals surface area (Å²) in [4.78, 5) is 53.2. The number of aromatic hydroxyl groups is 1. The normalized spacial score (nSPS) is 23.7. The summed E-state index contributed by atoms with van der Waals surface area (Å²) in [6.45, 7) is 9.32. The fraction of sp³-hybridized carbons (Fsp3) is 0.484. The molecule has 0 radical (unpaired) electrons. The maximum Gasteiger partial charge on any atom is 0.243 e. The summed E-state index contributed by atoms with van der Waals surface area (Å²) in [5.74, 6) is -2.25. The summed E-state index contributed by atoms with van der Waals surface area (Å²) in [6, 6.07) is 11.5. The van der Waals surface area contributed by atoms with E-state index in [0.29, 0.717) is 5.02 Å². The third-order valence-electron chi connectivity index (χ3n) is 7.67. The zero-order chi connectivity index (χ0) is 31.9. The molecule has 1 heterocycles. The SMILES string of the molecule is C[C@@H]1NC(=O)[C@H](Cc2ccc(Cl)cc2)NC(=O)CNC(=O)[C@H](CC(=O)[C@@H](N)Cc2ccc(O)cc2)C(C)(C)SSC1(C)C. The molecule has 43 heavy (non-hydrogen) atoms. The molecule has 2 aromatic carbocycles. The third-order valence-corrected chi connectivity index (χ3v) is 12.3. The van der Waals surface area contributed by atoms with Crippen LogP contribution in [0.25, 0.3) is 0 Å². The standard InChI is InChI=1S/C31H41ClN4O5S2/c1-18-30(2,3)42-43-31(4,5)23(16-26(38)24(33)14-19-8-12-22(37)13-9-19)28(40)34-17-27(39)36-25(29(41)35-18)15-20-6-10-21(32)11-7-20/h6-13,18,23-25,37H,14-17,33H2,1-5H3,(H,34,40)(H,35,41)(H,36,39)/t18-,23-,24-,25-/m0/s1. The van der Waals surface area contributed by atoms with Gasteiger partial charge in [-0.3, -0.25) is 19.2 Å². The van der Waals surface area contributed by atoms with Crippen molar-refractivity contribution in [1.82, 2.24) is 16.0 Å². The van der Waals surface area contributed by atoms with Crippen LogP contribution in [0.15, 0.2) is 48.5 Å². The molecule has 0 unspecified atom stereocenters. The highest BCUT2D eigenvalue weighted by Gasteiger charge is 2.41. The first-order valence-electron chi connectivity index (χ1n) is 14.1. The number of carbonyl (C=O) groups is 4. The zero-order valence-corrected chi connectivity index (χ0v) is 27.5. The van der Waals surface area contributed by atoms with Crippen molar-refractivity contribution in [2.45, 2.75) is 81.5 Å². The van der Waals surface area contributed by atoms with Gasteiger partial charge in [-0.25, -0.2) is 0 Å². The fourth-order valence-corrected chi connectivity index (χ4v) is 7.58. The summed E-state index contributed by atoms with van der Waals surface area (Å²) in [6.07, 6.45) is 0.386. The maximum atomic E-state index is 13.6. The molecule has 12 heteroatoms. The van der Waals surface area contributed by atoms with Crippen molar-refractivity contribution in [3.8, 4) is 5.75 Å². The van der Waals surface area contributed by atoms with E-state index in [4.69, 9.17) is 17.3 Å². The van der Waals surface area contributed by atoms with Crippen LogP contribution in [0.1, 0.15) is 52.2 Å². The Labute approximate surface area is 266 Å². The topological polar surface area (TPSA) is 151 Å². The second-order valence-corrected chi connectivity index (χ2v) is 15.8. The predicted molar refractivity (Wildman–Crippen MR) is 174 cm³/mol. The molecule has 3 amide bonds. The van der Waals surface area contributed by atoms with Gasteiger partial charge in [-0.1, -0.05) is 57.5 Å². The van der Waals surface area contributed by atoms with Crippen LogP contribution in [-0.4, -0.2) is 62.8 Å². The van der Waals surface area contributed by atoms with Gasteiger partial charge in [-0.2, -0.15) is 0 Å². The molecule has 1 fully saturated rings. The van der Waals surface area contributed by atoms with E-state index in [1.54, 1.807) is 36.4 Å². The van der Waals surface area contributed by atoms with Crippen LogP contribution in [0.3, 0.4) is 0 Å². The molecule has 0 aromatic heterocycles. The zero-order valence-electron chi connectivity index (χ0n) is 25.1. The van der Waals surface area contributed by atoms with Gasteiger partial charge in [-0.15, -0.1) is 0 Å². The molecule has 6 N–H and O–H groups in total. The number of Topliss-reactive ketones (excluding diaryl/α,β-unsaturated/α-hetero) is 1. The van der Waals surface area contributed by atoms with Crippen molar-refractivity contribution in [2.75, 3.05) is 6.54 Å². The number of amides is 3. The number of halogens is 1. The van der Waals surface area contributed by atoms with Gasteiger partial charge in [0.1, 0.15) is 11.8 Å². The second kappa shape index (κ2) is 14.8. The van der Waals surface area contributed by atoms with Gasteiger partial charge < -0.3 is 26.8 Å². The van der Waals surface area contributed by atoms with Crippen LogP contribution < -0.4 is 21.7 Å². The average Bonchev–Trinajstić information content (AvgIpc) is 2.94. The molecule has 1 aliphatic heterocycles. The monoisotopic (exact) mass is 648 g/mol. The molecule has 0 bridgehead atoms. The van der Waals surface area contributed by atoms with E-state index in [0.717, 1.165) is 11.1 Å². The highest BCUT2D eigenvalue weighted by Crippen LogP contribution is 2.49. The number of nitrogens with one attached hydrogen (secondary N) is 3. The molecule has 0 saturated carbocycles. The van der Waals surface area contributed by atoms with E-state index < -0.39 is 39.3 Å². The summed E-state index contributed by atoms with van der Waals surface area (Å²) in [5.41, 5.74) is 7.87. The average molecular weight is 649 g/mol. The lowest BCUT2D eigenvalue weighted by Crippen LogP contribution is -2.56. The van der Waals surface area contributed by atoms with Gasteiger partial charge >= 0.3 is 0 Å². The lowest BCUT2D eigenvalue weighted by molar-refractivity contribution is -0.133. The highest BCUT2D eigenvalue weighted by atomic mass is 35.5. The van der Waals surface area contributed by atoms with Crippen LogP contribution in [0.5, 0.6) is 5.75 Å². The summed E-state index contributed by atoms with van der Waals surface area (Å²) in [7, 11) is 2.99. The lowest BCUT2D eigenvalue weighted by Gasteiger charge is -2.38. The van der Waals surface area contributed by atoms with Crippen molar-refractivity contribution in [2.24, 2.45) is 11.7 Å². The van der Waals surface area contributed by atoms with Crippen molar-refractivity contribution in [3.05, 3.63) is 64.7 Å². The van der Waals surface area contributed by atoms with E-state index in [2.05, 4.69) is 16.0 Å². The summed E-state index contributed by atoms with van der Waals surface area (Å²) < 4.78 is -1.21. The minimum absolute atomic E-state index is 0.112. The molecule has 9 nitrogen and oxygen atoms in total. The van der Waals surface area contributed by atoms with Gasteiger partial charge in [0.2, 0.25) is 17.7 Å². The molecular formula is C31H41ClN4O5S2. The second-order valence-electron chi connectivity index (χ2n) is 12.0. The van der Waals surface area contributed by atoms with Crippen LogP contribution in [0, 0.1) is 5.92 Å². The van der Waals surface area contributed by atoms with Gasteiger partial charge in [-0.05, 0) is 76.4 Å². The Morgan fingerprint density at radius 1 is 0.953 bits per heavy atom.